The molecule has 0 unspecified atom stereocenters. The molecule has 0 atom stereocenters. The van der Waals surface area contributed by atoms with E-state index in [2.05, 4.69) is 35.0 Å². The van der Waals surface area contributed by atoms with Crippen molar-refractivity contribution in [2.24, 2.45) is 4.99 Å². The Balaban J connectivity index is 1.56. The topological polar surface area (TPSA) is 62.2 Å². The Morgan fingerprint density at radius 2 is 1.97 bits per heavy atom. The first-order valence-corrected chi connectivity index (χ1v) is 11.7. The summed E-state index contributed by atoms with van der Waals surface area (Å²) in [6.07, 6.45) is 4.42. The van der Waals surface area contributed by atoms with Gasteiger partial charge < -0.3 is 9.64 Å². The smallest absolute Gasteiger partial charge is 0.338 e. The number of hydrogen-bond acceptors (Lipinski definition) is 6. The molecule has 166 valence electrons. The van der Waals surface area contributed by atoms with Crippen LogP contribution in [0, 0.1) is 6.92 Å². The van der Waals surface area contributed by atoms with Gasteiger partial charge in [0.15, 0.2) is 5.17 Å². The van der Waals surface area contributed by atoms with Crippen LogP contribution in [0.25, 0.3) is 6.08 Å². The number of esters is 1. The first-order chi connectivity index (χ1) is 15.5. The Bertz CT molecular complexity index is 1100. The Morgan fingerprint density at radius 1 is 1.19 bits per heavy atom. The number of nitrogens with zero attached hydrogens (tertiary/aromatic N) is 3. The average molecular weight is 450 g/mol. The van der Waals surface area contributed by atoms with Crippen LogP contribution in [0.5, 0.6) is 0 Å². The van der Waals surface area contributed by atoms with Crippen LogP contribution < -0.4 is 4.90 Å². The first kappa shape index (κ1) is 22.1. The van der Waals surface area contributed by atoms with Crippen molar-refractivity contribution in [2.75, 3.05) is 31.6 Å². The molecule has 2 heterocycles. The molecule has 6 nitrogen and oxygen atoms in total. The van der Waals surface area contributed by atoms with Crippen molar-refractivity contribution in [3.63, 3.8) is 0 Å². The zero-order valence-electron chi connectivity index (χ0n) is 18.6. The molecular weight excluding hydrogens is 422 g/mol. The number of benzene rings is 2. The molecule has 1 amide bonds. The van der Waals surface area contributed by atoms with Gasteiger partial charge in [0.25, 0.3) is 5.91 Å². The van der Waals surface area contributed by atoms with Crippen molar-refractivity contribution in [3.8, 4) is 0 Å². The molecule has 2 aromatic rings. The second kappa shape index (κ2) is 9.61. The molecule has 0 bridgehead atoms. The molecule has 2 fully saturated rings. The standard InChI is InChI=1S/C25H27N3O3S/c1-4-31-24(30)19-8-7-9-20(15-19)26-25-27(3)23(29)22(32-25)16-18-10-11-21(14-17(18)2)28-12-5-6-13-28/h7-11,14-16H,4-6,12-13H2,1-3H3. The van der Waals surface area contributed by atoms with Crippen LogP contribution in [0.3, 0.4) is 0 Å². The molecule has 0 aliphatic carbocycles. The average Bonchev–Trinajstić information content (AvgIpc) is 3.41. The molecule has 2 aliphatic heterocycles. The highest BCUT2D eigenvalue weighted by Crippen LogP contribution is 2.34. The summed E-state index contributed by atoms with van der Waals surface area (Å²) >= 11 is 1.34. The molecular formula is C25H27N3O3S. The van der Waals surface area contributed by atoms with Crippen LogP contribution in [0.1, 0.15) is 41.3 Å². The van der Waals surface area contributed by atoms with Crippen LogP contribution in [-0.4, -0.2) is 48.7 Å². The molecule has 2 saturated heterocycles. The van der Waals surface area contributed by atoms with Crippen LogP contribution in [0.2, 0.25) is 0 Å². The molecule has 2 aromatic carbocycles. The summed E-state index contributed by atoms with van der Waals surface area (Å²) in [5.41, 5.74) is 4.46. The van der Waals surface area contributed by atoms with Gasteiger partial charge in [-0.1, -0.05) is 12.1 Å². The Kier molecular flexibility index (Phi) is 6.65. The summed E-state index contributed by atoms with van der Waals surface area (Å²) in [4.78, 5) is 34.0. The number of hydrogen-bond donors (Lipinski definition) is 0. The number of likely N-dealkylation sites (N-methyl/N-ethyl adjacent to an activating group) is 1. The van der Waals surface area contributed by atoms with Gasteiger partial charge in [-0.15, -0.1) is 0 Å². The third-order valence-electron chi connectivity index (χ3n) is 5.60. The van der Waals surface area contributed by atoms with Crippen LogP contribution in [0.15, 0.2) is 52.4 Å². The van der Waals surface area contributed by atoms with Gasteiger partial charge in [0.2, 0.25) is 0 Å². The minimum atomic E-state index is -0.383. The van der Waals surface area contributed by atoms with Crippen molar-refractivity contribution in [1.29, 1.82) is 0 Å². The lowest BCUT2D eigenvalue weighted by Gasteiger charge is -2.18. The highest BCUT2D eigenvalue weighted by Gasteiger charge is 2.30. The molecule has 0 radical (unpaired) electrons. The summed E-state index contributed by atoms with van der Waals surface area (Å²) in [5, 5.41) is 0.577. The number of thioether (sulfide) groups is 1. The maximum atomic E-state index is 12.8. The third-order valence-corrected chi connectivity index (χ3v) is 6.66. The van der Waals surface area contributed by atoms with Crippen molar-refractivity contribution >= 4 is 46.3 Å². The molecule has 0 aromatic heterocycles. The highest BCUT2D eigenvalue weighted by atomic mass is 32.2. The first-order valence-electron chi connectivity index (χ1n) is 10.9. The number of ether oxygens (including phenoxy) is 1. The fourth-order valence-corrected chi connectivity index (χ4v) is 4.79. The Morgan fingerprint density at radius 3 is 2.69 bits per heavy atom. The number of amidine groups is 1. The Labute approximate surface area is 193 Å². The van der Waals surface area contributed by atoms with Gasteiger partial charge in [0.05, 0.1) is 22.8 Å². The summed E-state index contributed by atoms with van der Waals surface area (Å²) in [5.74, 6) is -0.468. The quantitative estimate of drug-likeness (QED) is 0.475. The van der Waals surface area contributed by atoms with Gasteiger partial charge in [-0.05, 0) is 86.0 Å². The third kappa shape index (κ3) is 4.72. The number of anilines is 1. The summed E-state index contributed by atoms with van der Waals surface area (Å²) in [6, 6.07) is 13.3. The minimum absolute atomic E-state index is 0.0849. The van der Waals surface area contributed by atoms with Gasteiger partial charge >= 0.3 is 5.97 Å². The monoisotopic (exact) mass is 449 g/mol. The van der Waals surface area contributed by atoms with E-state index in [0.717, 1.165) is 24.2 Å². The number of amides is 1. The van der Waals surface area contributed by atoms with Gasteiger partial charge in [0.1, 0.15) is 0 Å². The number of aryl methyl sites for hydroxylation is 1. The number of aliphatic imine (C=N–C) groups is 1. The minimum Gasteiger partial charge on any atom is -0.462 e. The van der Waals surface area contributed by atoms with E-state index in [1.807, 2.05) is 6.08 Å². The molecule has 32 heavy (non-hydrogen) atoms. The highest BCUT2D eigenvalue weighted by molar-refractivity contribution is 8.18. The Hall–Kier alpha value is -3.06. The van der Waals surface area contributed by atoms with Gasteiger partial charge in [-0.2, -0.15) is 0 Å². The molecule has 0 saturated carbocycles. The number of carbonyl (C=O) groups is 2. The molecule has 7 heteroatoms. The van der Waals surface area contributed by atoms with Crippen molar-refractivity contribution < 1.29 is 14.3 Å². The summed E-state index contributed by atoms with van der Waals surface area (Å²) < 4.78 is 5.06. The lowest BCUT2D eigenvalue weighted by molar-refractivity contribution is -0.121. The van der Waals surface area contributed by atoms with Crippen LogP contribution in [0.4, 0.5) is 11.4 Å². The number of rotatable bonds is 5. The van der Waals surface area contributed by atoms with E-state index in [4.69, 9.17) is 4.74 Å². The molecule has 4 rings (SSSR count). The lowest BCUT2D eigenvalue weighted by Crippen LogP contribution is -2.23. The predicted octanol–water partition coefficient (Wildman–Crippen LogP) is 5.01. The van der Waals surface area contributed by atoms with E-state index < -0.39 is 0 Å². The normalized spacial score (nSPS) is 18.8. The van der Waals surface area contributed by atoms with Crippen LogP contribution in [-0.2, 0) is 9.53 Å². The molecule has 0 N–H and O–H groups in total. The van der Waals surface area contributed by atoms with Crippen molar-refractivity contribution in [1.82, 2.24) is 4.90 Å². The van der Waals surface area contributed by atoms with E-state index >= 15 is 0 Å². The second-order valence-corrected chi connectivity index (χ2v) is 8.88. The SMILES string of the molecule is CCOC(=O)c1cccc(N=C2SC(=Cc3ccc(N4CCCC4)cc3C)C(=O)N2C)c1. The van der Waals surface area contributed by atoms with Gasteiger partial charge in [0, 0.05) is 25.8 Å². The fraction of sp³-hybridized carbons (Fsp3) is 0.320. The number of carbonyl (C=O) groups excluding carboxylic acids is 2. The maximum Gasteiger partial charge on any atom is 0.338 e. The van der Waals surface area contributed by atoms with E-state index in [-0.39, 0.29) is 11.9 Å². The second-order valence-electron chi connectivity index (χ2n) is 7.88. The largest absolute Gasteiger partial charge is 0.462 e. The molecule has 2 aliphatic rings. The van der Waals surface area contributed by atoms with Crippen molar-refractivity contribution in [3.05, 3.63) is 64.1 Å². The lowest BCUT2D eigenvalue weighted by atomic mass is 10.1. The van der Waals surface area contributed by atoms with Crippen molar-refractivity contribution in [2.45, 2.75) is 26.7 Å². The van der Waals surface area contributed by atoms with E-state index in [9.17, 15) is 9.59 Å². The summed E-state index contributed by atoms with van der Waals surface area (Å²) in [6.45, 7) is 6.38. The summed E-state index contributed by atoms with van der Waals surface area (Å²) in [7, 11) is 1.72. The van der Waals surface area contributed by atoms with Crippen LogP contribution >= 0.6 is 11.8 Å². The molecule has 0 spiro atoms. The van der Waals surface area contributed by atoms with E-state index in [0.29, 0.717) is 27.9 Å². The van der Waals surface area contributed by atoms with E-state index in [1.165, 1.54) is 30.3 Å². The zero-order chi connectivity index (χ0) is 22.7. The predicted molar refractivity (Wildman–Crippen MR) is 130 cm³/mol. The zero-order valence-corrected chi connectivity index (χ0v) is 19.4. The van der Waals surface area contributed by atoms with Gasteiger partial charge in [-0.3, -0.25) is 9.69 Å². The van der Waals surface area contributed by atoms with Gasteiger partial charge in [-0.25, -0.2) is 9.79 Å². The maximum absolute atomic E-state index is 12.8. The fourth-order valence-electron chi connectivity index (χ4n) is 3.81. The van der Waals surface area contributed by atoms with E-state index in [1.54, 1.807) is 43.1 Å².